The molecule has 0 saturated carbocycles. The van der Waals surface area contributed by atoms with Gasteiger partial charge in [-0.25, -0.2) is 9.79 Å². The molecule has 0 aliphatic carbocycles. The van der Waals surface area contributed by atoms with Crippen LogP contribution in [0.4, 0.5) is 0 Å². The molecule has 0 aromatic heterocycles. The molecular weight excluding hydrogens is 452 g/mol. The maximum Gasteiger partial charge on any atom is 0.370 e. The Morgan fingerprint density at radius 2 is 1.94 bits per heavy atom. The predicted molar refractivity (Wildman–Crippen MR) is 118 cm³/mol. The quantitative estimate of drug-likeness (QED) is 0.147. The fraction of sp³-hybridized carbons (Fsp3) is 0.429. The third-order valence-corrected chi connectivity index (χ3v) is 4.90. The number of nitrogens with zero attached hydrogens (tertiary/aromatic N) is 1. The van der Waals surface area contributed by atoms with Crippen molar-refractivity contribution in [3.63, 3.8) is 0 Å². The highest BCUT2D eigenvalue weighted by Crippen LogP contribution is 2.25. The van der Waals surface area contributed by atoms with Gasteiger partial charge in [0.25, 0.3) is 0 Å². The third kappa shape index (κ3) is 6.91. The second-order valence-electron chi connectivity index (χ2n) is 7.43. The lowest BCUT2D eigenvalue weighted by molar-refractivity contribution is -0.145. The van der Waals surface area contributed by atoms with Gasteiger partial charge < -0.3 is 41.0 Å². The molecular formula is C21H28N4O9. The lowest BCUT2D eigenvalue weighted by Crippen LogP contribution is -2.60. The zero-order valence-corrected chi connectivity index (χ0v) is 18.5. The Morgan fingerprint density at radius 1 is 1.26 bits per heavy atom. The van der Waals surface area contributed by atoms with Crippen molar-refractivity contribution in [3.05, 3.63) is 41.7 Å². The predicted octanol–water partition coefficient (Wildman–Crippen LogP) is -2.38. The Balaban J connectivity index is 2.31. The number of hydrogen-bond donors (Lipinski definition) is 7. The molecule has 0 fully saturated rings. The van der Waals surface area contributed by atoms with Gasteiger partial charge in [-0.05, 0) is 12.1 Å². The Labute approximate surface area is 194 Å². The number of amides is 2. The lowest BCUT2D eigenvalue weighted by Gasteiger charge is -2.38. The molecule has 5 atom stereocenters. The summed E-state index contributed by atoms with van der Waals surface area (Å²) >= 11 is 0. The second kappa shape index (κ2) is 12.0. The van der Waals surface area contributed by atoms with Crippen LogP contribution in [0.5, 0.6) is 5.75 Å². The minimum absolute atomic E-state index is 0.0939. The molecule has 2 rings (SSSR count). The normalized spacial score (nSPS) is 22.0. The molecule has 13 heteroatoms. The minimum Gasteiger partial charge on any atom is -0.496 e. The standard InChI is InChI=1S/C21H28N4O9/c1-10(27)23-17-12(8-15(20(31)32)34-19(17)18(30)13(28)9-26)24-21(22)25-16(29)7-11-5-3-4-6-14(11)33-2/h3-6,8,12-13,17-19,26,28,30H,7,9H2,1-2H3,(H,23,27)(H,31,32)(H3,22,24,25,29)/t12-,13+,17+,18+,19+/m0/s1. The summed E-state index contributed by atoms with van der Waals surface area (Å²) in [5, 5.41) is 43.6. The van der Waals surface area contributed by atoms with E-state index < -0.39 is 60.5 Å². The number of aliphatic imine (C=N–C) groups is 1. The molecule has 1 heterocycles. The van der Waals surface area contributed by atoms with Crippen LogP contribution in [0, 0.1) is 0 Å². The van der Waals surface area contributed by atoms with Gasteiger partial charge in [-0.2, -0.15) is 0 Å². The highest BCUT2D eigenvalue weighted by atomic mass is 16.5. The molecule has 0 spiro atoms. The van der Waals surface area contributed by atoms with E-state index in [0.717, 1.165) is 6.08 Å². The number of hydrogen-bond acceptors (Lipinski definition) is 9. The molecule has 34 heavy (non-hydrogen) atoms. The Morgan fingerprint density at radius 3 is 2.53 bits per heavy atom. The first-order valence-electron chi connectivity index (χ1n) is 10.2. The number of aliphatic carboxylic acids is 1. The van der Waals surface area contributed by atoms with Crippen molar-refractivity contribution >= 4 is 23.7 Å². The smallest absolute Gasteiger partial charge is 0.370 e. The highest BCUT2D eigenvalue weighted by molar-refractivity contribution is 5.97. The van der Waals surface area contributed by atoms with Gasteiger partial charge in [0.1, 0.15) is 24.1 Å². The second-order valence-corrected chi connectivity index (χ2v) is 7.43. The molecule has 2 amide bonds. The molecule has 0 saturated heterocycles. The van der Waals surface area contributed by atoms with Crippen LogP contribution in [0.2, 0.25) is 0 Å². The van der Waals surface area contributed by atoms with E-state index in [-0.39, 0.29) is 12.4 Å². The molecule has 186 valence electrons. The van der Waals surface area contributed by atoms with Gasteiger partial charge in [0.2, 0.25) is 17.6 Å². The van der Waals surface area contributed by atoms with Crippen molar-refractivity contribution < 1.29 is 44.3 Å². The van der Waals surface area contributed by atoms with Gasteiger partial charge in [0.15, 0.2) is 5.96 Å². The first-order valence-corrected chi connectivity index (χ1v) is 10.2. The number of aliphatic hydroxyl groups excluding tert-OH is 3. The number of carbonyl (C=O) groups is 3. The van der Waals surface area contributed by atoms with Gasteiger partial charge in [0.05, 0.1) is 32.2 Å². The summed E-state index contributed by atoms with van der Waals surface area (Å²) in [6, 6.07) is 4.45. The Kier molecular flexibility index (Phi) is 9.36. The third-order valence-electron chi connectivity index (χ3n) is 4.90. The highest BCUT2D eigenvalue weighted by Gasteiger charge is 2.43. The van der Waals surface area contributed by atoms with Crippen LogP contribution < -0.4 is 21.1 Å². The number of carbonyl (C=O) groups excluding carboxylic acids is 2. The van der Waals surface area contributed by atoms with Crippen molar-refractivity contribution in [1.82, 2.24) is 10.6 Å². The number of nitrogens with two attached hydrogens (primary N) is 1. The summed E-state index contributed by atoms with van der Waals surface area (Å²) in [5.41, 5.74) is 6.45. The van der Waals surface area contributed by atoms with Crippen LogP contribution in [0.3, 0.4) is 0 Å². The zero-order valence-electron chi connectivity index (χ0n) is 18.5. The largest absolute Gasteiger partial charge is 0.496 e. The number of para-hydroxylation sites is 1. The summed E-state index contributed by atoms with van der Waals surface area (Å²) in [4.78, 5) is 39.8. The van der Waals surface area contributed by atoms with Crippen molar-refractivity contribution in [2.75, 3.05) is 13.7 Å². The maximum absolute atomic E-state index is 12.4. The topological polar surface area (TPSA) is 213 Å². The van der Waals surface area contributed by atoms with Gasteiger partial charge in [0, 0.05) is 12.5 Å². The fourth-order valence-corrected chi connectivity index (χ4v) is 3.36. The van der Waals surface area contributed by atoms with E-state index >= 15 is 0 Å². The molecule has 8 N–H and O–H groups in total. The SMILES string of the molecule is COc1ccccc1CC(=O)NC(N)=N[C@H]1C=C(C(=O)O)O[C@@H]([C@H](O)[C@H](O)CO)[C@@H]1NC(C)=O. The van der Waals surface area contributed by atoms with E-state index in [4.69, 9.17) is 20.3 Å². The number of guanidine groups is 1. The number of ether oxygens (including phenoxy) is 2. The van der Waals surface area contributed by atoms with Crippen LogP contribution in [-0.2, 0) is 25.5 Å². The number of methoxy groups -OCH3 is 1. The zero-order chi connectivity index (χ0) is 25.4. The molecule has 0 radical (unpaired) electrons. The van der Waals surface area contributed by atoms with Crippen LogP contribution >= 0.6 is 0 Å². The van der Waals surface area contributed by atoms with Crippen molar-refractivity contribution in [2.45, 2.75) is 43.7 Å². The van der Waals surface area contributed by atoms with Gasteiger partial charge in [-0.15, -0.1) is 0 Å². The summed E-state index contributed by atoms with van der Waals surface area (Å²) in [6.07, 6.45) is -4.05. The molecule has 1 aliphatic heterocycles. The van der Waals surface area contributed by atoms with E-state index in [9.17, 15) is 29.7 Å². The van der Waals surface area contributed by atoms with Crippen LogP contribution in [0.25, 0.3) is 0 Å². The van der Waals surface area contributed by atoms with Gasteiger partial charge in [-0.1, -0.05) is 18.2 Å². The monoisotopic (exact) mass is 480 g/mol. The van der Waals surface area contributed by atoms with E-state index in [2.05, 4.69) is 15.6 Å². The van der Waals surface area contributed by atoms with Gasteiger partial charge >= 0.3 is 5.97 Å². The number of carboxylic acid groups (broad SMARTS) is 1. The van der Waals surface area contributed by atoms with E-state index in [1.807, 2.05) is 0 Å². The molecule has 1 aliphatic rings. The Bertz CT molecular complexity index is 965. The maximum atomic E-state index is 12.4. The molecule has 13 nitrogen and oxygen atoms in total. The average Bonchev–Trinajstić information content (AvgIpc) is 2.78. The number of rotatable bonds is 9. The summed E-state index contributed by atoms with van der Waals surface area (Å²) in [7, 11) is 1.46. The van der Waals surface area contributed by atoms with Crippen LogP contribution in [0.15, 0.2) is 41.1 Å². The Hall–Kier alpha value is -3.68. The van der Waals surface area contributed by atoms with Gasteiger partial charge in [-0.3, -0.25) is 14.9 Å². The molecule has 0 unspecified atom stereocenters. The van der Waals surface area contributed by atoms with E-state index in [1.165, 1.54) is 14.0 Å². The summed E-state index contributed by atoms with van der Waals surface area (Å²) < 4.78 is 10.5. The lowest BCUT2D eigenvalue weighted by atomic mass is 9.92. The van der Waals surface area contributed by atoms with Crippen molar-refractivity contribution in [3.8, 4) is 5.75 Å². The fourth-order valence-electron chi connectivity index (χ4n) is 3.36. The number of carboxylic acids is 1. The van der Waals surface area contributed by atoms with Crippen molar-refractivity contribution in [1.29, 1.82) is 0 Å². The van der Waals surface area contributed by atoms with Crippen LogP contribution in [-0.4, -0.2) is 88.3 Å². The summed E-state index contributed by atoms with van der Waals surface area (Å²) in [5.74, 6) is -3.14. The van der Waals surface area contributed by atoms with Crippen LogP contribution in [0.1, 0.15) is 12.5 Å². The summed E-state index contributed by atoms with van der Waals surface area (Å²) in [6.45, 7) is 0.316. The molecule has 1 aromatic carbocycles. The average molecular weight is 480 g/mol. The first-order chi connectivity index (χ1) is 16.1. The minimum atomic E-state index is -1.79. The van der Waals surface area contributed by atoms with Crippen molar-refractivity contribution in [2.24, 2.45) is 10.7 Å². The number of aliphatic hydroxyl groups is 3. The number of nitrogens with one attached hydrogen (secondary N) is 2. The molecule has 1 aromatic rings. The van der Waals surface area contributed by atoms with E-state index in [0.29, 0.717) is 11.3 Å². The van der Waals surface area contributed by atoms with E-state index in [1.54, 1.807) is 24.3 Å². The first kappa shape index (κ1) is 26.6. The number of benzene rings is 1. The molecule has 0 bridgehead atoms.